The summed E-state index contributed by atoms with van der Waals surface area (Å²) in [5.74, 6) is -1.43. The van der Waals surface area contributed by atoms with Crippen LogP contribution >= 0.6 is 11.6 Å². The number of carbonyl (C=O) groups is 1. The molecule has 0 aliphatic carbocycles. The van der Waals surface area contributed by atoms with Gasteiger partial charge in [0.25, 0.3) is 0 Å². The maximum atomic E-state index is 13.4. The first kappa shape index (κ1) is 13.7. The normalized spacial score (nSPS) is 12.9. The van der Waals surface area contributed by atoms with Gasteiger partial charge in [0, 0.05) is 11.1 Å². The van der Waals surface area contributed by atoms with Gasteiger partial charge in [-0.1, -0.05) is 17.7 Å². The molecule has 1 aromatic rings. The minimum atomic E-state index is -1.06. The van der Waals surface area contributed by atoms with E-state index in [4.69, 9.17) is 16.7 Å². The van der Waals surface area contributed by atoms with Gasteiger partial charge in [0.1, 0.15) is 5.82 Å². The summed E-state index contributed by atoms with van der Waals surface area (Å²) in [6, 6.07) is 2.39. The molecule has 0 spiro atoms. The van der Waals surface area contributed by atoms with Crippen LogP contribution in [0.2, 0.25) is 5.02 Å². The van der Waals surface area contributed by atoms with Crippen molar-refractivity contribution in [3.63, 3.8) is 0 Å². The Morgan fingerprint density at radius 2 is 2.24 bits per heavy atom. The predicted molar refractivity (Wildman–Crippen MR) is 64.7 cm³/mol. The number of rotatable bonds is 4. The van der Waals surface area contributed by atoms with E-state index >= 15 is 0 Å². The fourth-order valence-corrected chi connectivity index (χ4v) is 1.77. The second kappa shape index (κ2) is 5.80. The Morgan fingerprint density at radius 1 is 1.59 bits per heavy atom. The van der Waals surface area contributed by atoms with Crippen LogP contribution < -0.4 is 5.32 Å². The van der Waals surface area contributed by atoms with Crippen LogP contribution in [-0.2, 0) is 4.79 Å². The van der Waals surface area contributed by atoms with Crippen LogP contribution in [0.15, 0.2) is 24.3 Å². The summed E-state index contributed by atoms with van der Waals surface area (Å²) in [5.41, 5.74) is 0.964. The van der Waals surface area contributed by atoms with Crippen molar-refractivity contribution >= 4 is 17.6 Å². The highest BCUT2D eigenvalue weighted by molar-refractivity contribution is 6.31. The number of carboxylic acids is 1. The Morgan fingerprint density at radius 3 is 2.76 bits per heavy atom. The molecule has 92 valence electrons. The molecule has 0 aliphatic heterocycles. The number of carboxylic acid groups (broad SMARTS) is 1. The third kappa shape index (κ3) is 3.54. The van der Waals surface area contributed by atoms with Crippen LogP contribution in [0.3, 0.4) is 0 Å². The Kier molecular flexibility index (Phi) is 4.66. The molecule has 0 saturated heterocycles. The number of nitrogens with one attached hydrogen (secondary N) is 1. The molecule has 3 nitrogen and oxygen atoms in total. The van der Waals surface area contributed by atoms with Crippen molar-refractivity contribution in [2.45, 2.75) is 13.0 Å². The van der Waals surface area contributed by atoms with E-state index in [2.05, 4.69) is 5.32 Å². The first-order chi connectivity index (χ1) is 7.95. The van der Waals surface area contributed by atoms with E-state index in [1.54, 1.807) is 14.0 Å². The Labute approximate surface area is 104 Å². The number of halogens is 2. The monoisotopic (exact) mass is 257 g/mol. The highest BCUT2D eigenvalue weighted by Crippen LogP contribution is 2.26. The molecule has 0 fully saturated rings. The van der Waals surface area contributed by atoms with Crippen molar-refractivity contribution in [3.05, 3.63) is 46.3 Å². The van der Waals surface area contributed by atoms with E-state index < -0.39 is 12.0 Å². The van der Waals surface area contributed by atoms with E-state index in [0.29, 0.717) is 16.1 Å². The summed E-state index contributed by atoms with van der Waals surface area (Å²) in [6.45, 7) is 1.62. The van der Waals surface area contributed by atoms with E-state index in [1.165, 1.54) is 18.2 Å². The van der Waals surface area contributed by atoms with Gasteiger partial charge in [-0.15, -0.1) is 0 Å². The molecule has 0 radical (unpaired) electrons. The maximum absolute atomic E-state index is 13.4. The molecule has 0 amide bonds. The summed E-state index contributed by atoms with van der Waals surface area (Å²) in [4.78, 5) is 10.4. The molecular formula is C12H13ClFNO2. The zero-order valence-electron chi connectivity index (χ0n) is 9.50. The molecule has 1 rings (SSSR count). The number of aryl methyl sites for hydroxylation is 1. The second-order valence-electron chi connectivity index (χ2n) is 3.59. The fraction of sp³-hybridized carbons (Fsp3) is 0.250. The molecule has 0 aromatic heterocycles. The number of hydrogen-bond donors (Lipinski definition) is 2. The smallest absolute Gasteiger partial charge is 0.328 e. The third-order valence-electron chi connectivity index (χ3n) is 2.36. The Hall–Kier alpha value is -1.39. The van der Waals surface area contributed by atoms with Gasteiger partial charge in [0.05, 0.1) is 6.04 Å². The topological polar surface area (TPSA) is 49.3 Å². The minimum absolute atomic E-state index is 0.367. The van der Waals surface area contributed by atoms with E-state index in [0.717, 1.165) is 6.08 Å². The van der Waals surface area contributed by atoms with Crippen molar-refractivity contribution in [3.8, 4) is 0 Å². The molecule has 1 atom stereocenters. The number of hydrogen-bond acceptors (Lipinski definition) is 2. The van der Waals surface area contributed by atoms with Gasteiger partial charge in [-0.25, -0.2) is 9.18 Å². The van der Waals surface area contributed by atoms with Gasteiger partial charge in [-0.3, -0.25) is 0 Å². The fourth-order valence-electron chi connectivity index (χ4n) is 1.43. The van der Waals surface area contributed by atoms with Gasteiger partial charge >= 0.3 is 5.97 Å². The molecule has 0 heterocycles. The average molecular weight is 258 g/mol. The van der Waals surface area contributed by atoms with Crippen LogP contribution in [0, 0.1) is 12.7 Å². The summed E-state index contributed by atoms with van der Waals surface area (Å²) < 4.78 is 13.4. The van der Waals surface area contributed by atoms with Crippen LogP contribution in [0.5, 0.6) is 0 Å². The first-order valence-corrected chi connectivity index (χ1v) is 5.37. The largest absolute Gasteiger partial charge is 0.478 e. The second-order valence-corrected chi connectivity index (χ2v) is 3.99. The minimum Gasteiger partial charge on any atom is -0.478 e. The number of likely N-dealkylation sites (N-methyl/N-ethyl adjacent to an activating group) is 1. The molecular weight excluding hydrogens is 245 g/mol. The lowest BCUT2D eigenvalue weighted by Crippen LogP contribution is -2.15. The summed E-state index contributed by atoms with van der Waals surface area (Å²) in [5, 5.41) is 11.8. The highest BCUT2D eigenvalue weighted by atomic mass is 35.5. The summed E-state index contributed by atoms with van der Waals surface area (Å²) in [7, 11) is 1.64. The molecule has 0 bridgehead atoms. The van der Waals surface area contributed by atoms with Crippen molar-refractivity contribution in [1.29, 1.82) is 0 Å². The first-order valence-electron chi connectivity index (χ1n) is 4.99. The zero-order chi connectivity index (χ0) is 13.0. The lowest BCUT2D eigenvalue weighted by Gasteiger charge is -2.14. The van der Waals surface area contributed by atoms with Crippen LogP contribution in [-0.4, -0.2) is 18.1 Å². The van der Waals surface area contributed by atoms with Gasteiger partial charge in [-0.2, -0.15) is 0 Å². The molecule has 2 N–H and O–H groups in total. The van der Waals surface area contributed by atoms with Crippen molar-refractivity contribution in [1.82, 2.24) is 5.32 Å². The van der Waals surface area contributed by atoms with Gasteiger partial charge in [-0.05, 0) is 37.2 Å². The third-order valence-corrected chi connectivity index (χ3v) is 2.68. The maximum Gasteiger partial charge on any atom is 0.328 e. The van der Waals surface area contributed by atoms with Crippen LogP contribution in [0.25, 0.3) is 0 Å². The van der Waals surface area contributed by atoms with Gasteiger partial charge in [0.2, 0.25) is 0 Å². The quantitative estimate of drug-likeness (QED) is 0.816. The van der Waals surface area contributed by atoms with Crippen molar-refractivity contribution < 1.29 is 14.3 Å². The van der Waals surface area contributed by atoms with Crippen molar-refractivity contribution in [2.24, 2.45) is 0 Å². The molecule has 1 unspecified atom stereocenters. The van der Waals surface area contributed by atoms with E-state index in [1.807, 2.05) is 0 Å². The van der Waals surface area contributed by atoms with E-state index in [-0.39, 0.29) is 5.82 Å². The zero-order valence-corrected chi connectivity index (χ0v) is 10.3. The van der Waals surface area contributed by atoms with Gasteiger partial charge in [0.15, 0.2) is 0 Å². The molecule has 17 heavy (non-hydrogen) atoms. The molecule has 0 saturated carbocycles. The predicted octanol–water partition coefficient (Wildman–Crippen LogP) is 2.69. The van der Waals surface area contributed by atoms with Gasteiger partial charge < -0.3 is 10.4 Å². The van der Waals surface area contributed by atoms with E-state index in [9.17, 15) is 9.18 Å². The molecule has 5 heteroatoms. The molecule has 0 aliphatic rings. The Balaban J connectivity index is 3.12. The number of benzene rings is 1. The lowest BCUT2D eigenvalue weighted by atomic mass is 10.0. The lowest BCUT2D eigenvalue weighted by molar-refractivity contribution is -0.131. The number of aliphatic carboxylic acids is 1. The van der Waals surface area contributed by atoms with Crippen LogP contribution in [0.1, 0.15) is 17.2 Å². The highest BCUT2D eigenvalue weighted by Gasteiger charge is 2.13. The average Bonchev–Trinajstić information content (AvgIpc) is 2.25. The summed E-state index contributed by atoms with van der Waals surface area (Å²) >= 11 is 6.00. The SMILES string of the molecule is CNC(/C=C/C(=O)O)c1cc(F)c(C)cc1Cl. The van der Waals surface area contributed by atoms with Crippen molar-refractivity contribution in [2.75, 3.05) is 7.05 Å². The molecule has 1 aromatic carbocycles. The Bertz CT molecular complexity index is 460. The van der Waals surface area contributed by atoms with Crippen LogP contribution in [0.4, 0.5) is 4.39 Å². The summed E-state index contributed by atoms with van der Waals surface area (Å²) in [6.07, 6.45) is 2.41. The standard InChI is InChI=1S/C12H13ClFNO2/c1-7-5-9(13)8(6-10(7)14)11(15-2)3-4-12(16)17/h3-6,11,15H,1-2H3,(H,16,17)/b4-3+.